The fourth-order valence-corrected chi connectivity index (χ4v) is 3.98. The zero-order chi connectivity index (χ0) is 21.6. The average molecular weight is 436 g/mol. The number of ether oxygens (including phenoxy) is 1. The topological polar surface area (TPSA) is 125 Å². The number of anilines is 3. The van der Waals surface area contributed by atoms with E-state index >= 15 is 0 Å². The van der Waals surface area contributed by atoms with Crippen molar-refractivity contribution in [3.05, 3.63) is 53.5 Å². The van der Waals surface area contributed by atoms with Crippen molar-refractivity contribution in [2.45, 2.75) is 25.9 Å². The molecule has 0 bridgehead atoms. The summed E-state index contributed by atoms with van der Waals surface area (Å²) in [6.45, 7) is 3.67. The predicted octanol–water partition coefficient (Wildman–Crippen LogP) is 3.24. The van der Waals surface area contributed by atoms with Gasteiger partial charge in [-0.3, -0.25) is 4.79 Å². The zero-order valence-corrected chi connectivity index (χ0v) is 17.7. The van der Waals surface area contributed by atoms with E-state index in [1.807, 2.05) is 6.07 Å². The van der Waals surface area contributed by atoms with Crippen LogP contribution in [-0.2, 0) is 0 Å². The molecule has 0 saturated carbocycles. The molecule has 3 aromatic heterocycles. The lowest BCUT2D eigenvalue weighted by Crippen LogP contribution is -2.34. The van der Waals surface area contributed by atoms with E-state index in [-0.39, 0.29) is 12.0 Å². The summed E-state index contributed by atoms with van der Waals surface area (Å²) in [5.41, 5.74) is 2.07. The van der Waals surface area contributed by atoms with Crippen molar-refractivity contribution in [2.75, 3.05) is 23.7 Å². The molecule has 1 saturated heterocycles. The molecular weight excluding hydrogens is 414 g/mol. The second kappa shape index (κ2) is 9.51. The van der Waals surface area contributed by atoms with Crippen LogP contribution < -0.4 is 20.7 Å². The van der Waals surface area contributed by atoms with Crippen LogP contribution in [0.25, 0.3) is 0 Å². The SMILES string of the molecule is Cc1nsc(Nc2ccc(C#N)cn2)c1C(=O)Nc1ccc(OC2CCNCC2)nc1. The Hall–Kier alpha value is -3.55. The number of nitriles is 1. The average Bonchev–Trinajstić information content (AvgIpc) is 3.16. The molecule has 4 rings (SSSR count). The lowest BCUT2D eigenvalue weighted by atomic mass is 10.1. The first-order chi connectivity index (χ1) is 15.1. The molecule has 0 aliphatic carbocycles. The first kappa shape index (κ1) is 20.7. The summed E-state index contributed by atoms with van der Waals surface area (Å²) in [5.74, 6) is 0.779. The number of amides is 1. The Morgan fingerprint density at radius 1 is 1.23 bits per heavy atom. The lowest BCUT2D eigenvalue weighted by molar-refractivity contribution is 0.102. The van der Waals surface area contributed by atoms with Gasteiger partial charge in [0.25, 0.3) is 5.91 Å². The van der Waals surface area contributed by atoms with Crippen LogP contribution in [0.5, 0.6) is 5.88 Å². The third kappa shape index (κ3) is 5.14. The van der Waals surface area contributed by atoms with Crippen LogP contribution in [0.2, 0.25) is 0 Å². The highest BCUT2D eigenvalue weighted by atomic mass is 32.1. The van der Waals surface area contributed by atoms with Gasteiger partial charge in [-0.2, -0.15) is 9.64 Å². The van der Waals surface area contributed by atoms with Gasteiger partial charge in [0.05, 0.1) is 28.7 Å². The second-order valence-electron chi connectivity index (χ2n) is 7.05. The number of rotatable bonds is 6. The van der Waals surface area contributed by atoms with Gasteiger partial charge in [0, 0.05) is 12.3 Å². The Morgan fingerprint density at radius 2 is 2.06 bits per heavy atom. The largest absolute Gasteiger partial charge is 0.474 e. The van der Waals surface area contributed by atoms with Gasteiger partial charge in [-0.05, 0) is 62.6 Å². The van der Waals surface area contributed by atoms with Gasteiger partial charge in [-0.15, -0.1) is 0 Å². The first-order valence-electron chi connectivity index (χ1n) is 9.86. The van der Waals surface area contributed by atoms with Crippen LogP contribution in [0.4, 0.5) is 16.5 Å². The van der Waals surface area contributed by atoms with Gasteiger partial charge in [0.2, 0.25) is 5.88 Å². The molecule has 3 aromatic rings. The fourth-order valence-electron chi connectivity index (χ4n) is 3.17. The molecule has 1 amide bonds. The van der Waals surface area contributed by atoms with Gasteiger partial charge >= 0.3 is 0 Å². The maximum atomic E-state index is 12.9. The summed E-state index contributed by atoms with van der Waals surface area (Å²) in [5, 5.41) is 18.7. The maximum Gasteiger partial charge on any atom is 0.260 e. The van der Waals surface area contributed by atoms with E-state index in [0.717, 1.165) is 25.9 Å². The van der Waals surface area contributed by atoms with Gasteiger partial charge in [-0.25, -0.2) is 9.97 Å². The molecule has 10 heteroatoms. The second-order valence-corrected chi connectivity index (χ2v) is 7.82. The third-order valence-electron chi connectivity index (χ3n) is 4.79. The monoisotopic (exact) mass is 435 g/mol. The Bertz CT molecular complexity index is 1080. The van der Waals surface area contributed by atoms with Gasteiger partial charge in [-0.1, -0.05) is 0 Å². The van der Waals surface area contributed by atoms with Crippen LogP contribution in [0.15, 0.2) is 36.7 Å². The molecule has 1 fully saturated rings. The van der Waals surface area contributed by atoms with E-state index in [2.05, 4.69) is 30.3 Å². The van der Waals surface area contributed by atoms with Crippen molar-refractivity contribution in [1.82, 2.24) is 19.7 Å². The summed E-state index contributed by atoms with van der Waals surface area (Å²) in [6.07, 6.45) is 5.12. The predicted molar refractivity (Wildman–Crippen MR) is 118 cm³/mol. The summed E-state index contributed by atoms with van der Waals surface area (Å²) < 4.78 is 10.2. The van der Waals surface area contributed by atoms with Crippen molar-refractivity contribution >= 4 is 33.9 Å². The molecule has 0 atom stereocenters. The van der Waals surface area contributed by atoms with Crippen molar-refractivity contribution in [1.29, 1.82) is 5.26 Å². The number of nitrogens with one attached hydrogen (secondary N) is 3. The quantitative estimate of drug-likeness (QED) is 0.539. The van der Waals surface area contributed by atoms with Gasteiger partial charge in [0.1, 0.15) is 23.0 Å². The number of hydrogen-bond donors (Lipinski definition) is 3. The van der Waals surface area contributed by atoms with Crippen LogP contribution in [0, 0.1) is 18.3 Å². The molecule has 0 unspecified atom stereocenters. The van der Waals surface area contributed by atoms with E-state index < -0.39 is 0 Å². The number of aromatic nitrogens is 3. The Morgan fingerprint density at radius 3 is 2.74 bits per heavy atom. The number of carbonyl (C=O) groups is 1. The van der Waals surface area contributed by atoms with Gasteiger partial charge in [0.15, 0.2) is 0 Å². The summed E-state index contributed by atoms with van der Waals surface area (Å²) in [7, 11) is 0. The number of hydrogen-bond acceptors (Lipinski definition) is 9. The van der Waals surface area contributed by atoms with E-state index in [4.69, 9.17) is 10.00 Å². The Kier molecular flexibility index (Phi) is 6.35. The van der Waals surface area contributed by atoms with Crippen LogP contribution in [-0.4, -0.2) is 39.4 Å². The number of piperidine rings is 1. The van der Waals surface area contributed by atoms with Crippen LogP contribution >= 0.6 is 11.5 Å². The van der Waals surface area contributed by atoms with E-state index in [9.17, 15) is 4.79 Å². The Labute approximate surface area is 183 Å². The van der Waals surface area contributed by atoms with Crippen molar-refractivity contribution in [3.8, 4) is 11.9 Å². The first-order valence-corrected chi connectivity index (χ1v) is 10.6. The number of pyridine rings is 2. The molecule has 4 heterocycles. The summed E-state index contributed by atoms with van der Waals surface area (Å²) in [4.78, 5) is 21.4. The smallest absolute Gasteiger partial charge is 0.260 e. The molecule has 1 aliphatic rings. The molecule has 0 aromatic carbocycles. The van der Waals surface area contributed by atoms with Crippen LogP contribution in [0.1, 0.15) is 34.5 Å². The van der Waals surface area contributed by atoms with E-state index in [1.54, 1.807) is 37.4 Å². The molecule has 31 heavy (non-hydrogen) atoms. The van der Waals surface area contributed by atoms with Crippen molar-refractivity contribution in [3.63, 3.8) is 0 Å². The molecule has 3 N–H and O–H groups in total. The van der Waals surface area contributed by atoms with E-state index in [1.165, 1.54) is 17.7 Å². The van der Waals surface area contributed by atoms with Crippen LogP contribution in [0.3, 0.4) is 0 Å². The number of aryl methyl sites for hydroxylation is 1. The molecule has 0 radical (unpaired) electrons. The van der Waals surface area contributed by atoms with Crippen molar-refractivity contribution in [2.24, 2.45) is 0 Å². The van der Waals surface area contributed by atoms with Crippen molar-refractivity contribution < 1.29 is 9.53 Å². The zero-order valence-electron chi connectivity index (χ0n) is 16.9. The molecular formula is C21H21N7O2S. The Balaban J connectivity index is 1.42. The normalized spacial score (nSPS) is 13.9. The summed E-state index contributed by atoms with van der Waals surface area (Å²) >= 11 is 1.17. The molecule has 158 valence electrons. The molecule has 0 spiro atoms. The number of carbonyl (C=O) groups excluding carboxylic acids is 1. The summed E-state index contributed by atoms with van der Waals surface area (Å²) in [6, 6.07) is 8.89. The fraction of sp³-hybridized carbons (Fsp3) is 0.286. The minimum absolute atomic E-state index is 0.165. The lowest BCUT2D eigenvalue weighted by Gasteiger charge is -2.23. The maximum absolute atomic E-state index is 12.9. The number of nitrogens with zero attached hydrogens (tertiary/aromatic N) is 4. The third-order valence-corrected chi connectivity index (χ3v) is 5.65. The molecule has 1 aliphatic heterocycles. The highest BCUT2D eigenvalue weighted by Crippen LogP contribution is 2.28. The van der Waals surface area contributed by atoms with Gasteiger partial charge < -0.3 is 20.7 Å². The minimum atomic E-state index is -0.295. The minimum Gasteiger partial charge on any atom is -0.474 e. The highest BCUT2D eigenvalue weighted by Gasteiger charge is 2.20. The van der Waals surface area contributed by atoms with E-state index in [0.29, 0.717) is 39.2 Å². The molecule has 9 nitrogen and oxygen atoms in total. The highest BCUT2D eigenvalue weighted by molar-refractivity contribution is 7.10. The standard InChI is InChI=1S/C21H21N7O2S/c1-13-19(21(31-28-13)27-17-4-2-14(10-22)11-24-17)20(29)26-15-3-5-18(25-12-15)30-16-6-8-23-9-7-16/h2-5,11-12,16,23H,6-9H2,1H3,(H,24,27)(H,26,29).